The van der Waals surface area contributed by atoms with Crippen LogP contribution in [0.3, 0.4) is 0 Å². The van der Waals surface area contributed by atoms with Gasteiger partial charge in [0.1, 0.15) is 17.1 Å². The molecule has 0 bridgehead atoms. The molecule has 7 heteroatoms. The van der Waals surface area contributed by atoms with Crippen LogP contribution >= 0.6 is 0 Å². The molecule has 5 nitrogen and oxygen atoms in total. The number of nitrogens with one attached hydrogen (secondary N) is 1. The van der Waals surface area contributed by atoms with Crippen LogP contribution in [-0.4, -0.2) is 25.4 Å². The first-order valence-electron chi connectivity index (χ1n) is 7.43. The second-order valence-electron chi connectivity index (χ2n) is 5.65. The van der Waals surface area contributed by atoms with Crippen molar-refractivity contribution < 1.29 is 27.8 Å². The molecule has 132 valence electrons. The zero-order valence-electron chi connectivity index (χ0n) is 13.8. The molecule has 0 saturated carbocycles. The zero-order chi connectivity index (χ0) is 17.7. The third-order valence-corrected chi connectivity index (χ3v) is 3.51. The summed E-state index contributed by atoms with van der Waals surface area (Å²) in [5, 5.41) is 13.5. The molecule has 0 aliphatic rings. The van der Waals surface area contributed by atoms with Gasteiger partial charge in [0, 0.05) is 13.1 Å². The first-order chi connectivity index (χ1) is 11.3. The van der Waals surface area contributed by atoms with Crippen LogP contribution in [0.2, 0.25) is 0 Å². The van der Waals surface area contributed by atoms with Crippen molar-refractivity contribution in [1.82, 2.24) is 5.32 Å². The minimum atomic E-state index is -2.93. The summed E-state index contributed by atoms with van der Waals surface area (Å²) in [6.07, 6.45) is 0. The average Bonchev–Trinajstić information content (AvgIpc) is 2.94. The highest BCUT2D eigenvalue weighted by atomic mass is 19.3. The smallest absolute Gasteiger partial charge is 0.387 e. The van der Waals surface area contributed by atoms with E-state index in [-0.39, 0.29) is 18.0 Å². The molecule has 1 aromatic carbocycles. The molecule has 0 saturated heterocycles. The van der Waals surface area contributed by atoms with Crippen LogP contribution in [0.4, 0.5) is 8.78 Å². The number of hydrogen-bond donors (Lipinski definition) is 2. The Morgan fingerprint density at radius 3 is 2.58 bits per heavy atom. The van der Waals surface area contributed by atoms with Crippen LogP contribution < -0.4 is 14.8 Å². The molecular formula is C17H21F2NO4. The molecule has 24 heavy (non-hydrogen) atoms. The molecule has 0 radical (unpaired) electrons. The van der Waals surface area contributed by atoms with E-state index in [1.807, 2.05) is 0 Å². The Hall–Kier alpha value is -2.12. The molecule has 0 amide bonds. The molecule has 0 spiro atoms. The molecule has 2 N–H and O–H groups in total. The van der Waals surface area contributed by atoms with E-state index in [9.17, 15) is 13.9 Å². The SMILES string of the molecule is COc1ccc(CNCC(C)(O)c2ccc(C)o2)cc1OC(F)F. The summed E-state index contributed by atoms with van der Waals surface area (Å²) in [5.74, 6) is 1.38. The van der Waals surface area contributed by atoms with E-state index in [0.29, 0.717) is 18.1 Å². The Kier molecular flexibility index (Phi) is 5.80. The van der Waals surface area contributed by atoms with Crippen molar-refractivity contribution in [3.8, 4) is 11.5 Å². The maximum absolute atomic E-state index is 12.4. The van der Waals surface area contributed by atoms with Gasteiger partial charge in [0.2, 0.25) is 0 Å². The molecule has 1 unspecified atom stereocenters. The number of halogens is 2. The number of aliphatic hydroxyl groups is 1. The Balaban J connectivity index is 1.99. The number of benzene rings is 1. The van der Waals surface area contributed by atoms with E-state index in [0.717, 1.165) is 5.56 Å². The van der Waals surface area contributed by atoms with Crippen molar-refractivity contribution in [2.24, 2.45) is 0 Å². The predicted octanol–water partition coefficient (Wildman–Crippen LogP) is 3.20. The van der Waals surface area contributed by atoms with E-state index in [1.165, 1.54) is 13.2 Å². The Morgan fingerprint density at radius 2 is 2.00 bits per heavy atom. The Labute approximate surface area is 139 Å². The molecule has 1 atom stereocenters. The maximum atomic E-state index is 12.4. The van der Waals surface area contributed by atoms with Gasteiger partial charge in [-0.1, -0.05) is 6.07 Å². The van der Waals surface area contributed by atoms with Gasteiger partial charge in [0.25, 0.3) is 0 Å². The summed E-state index contributed by atoms with van der Waals surface area (Å²) in [6.45, 7) is 1.10. The average molecular weight is 341 g/mol. The van der Waals surface area contributed by atoms with Crippen molar-refractivity contribution in [3.05, 3.63) is 47.4 Å². The Bertz CT molecular complexity index is 670. The van der Waals surface area contributed by atoms with Gasteiger partial charge in [-0.05, 0) is 43.7 Å². The molecule has 1 heterocycles. The van der Waals surface area contributed by atoms with Crippen LogP contribution in [0, 0.1) is 6.92 Å². The third kappa shape index (κ3) is 4.69. The van der Waals surface area contributed by atoms with Crippen LogP contribution in [0.25, 0.3) is 0 Å². The lowest BCUT2D eigenvalue weighted by Crippen LogP contribution is -2.34. The van der Waals surface area contributed by atoms with Gasteiger partial charge >= 0.3 is 6.61 Å². The van der Waals surface area contributed by atoms with Crippen LogP contribution in [0.1, 0.15) is 24.0 Å². The van der Waals surface area contributed by atoms with Crippen molar-refractivity contribution in [3.63, 3.8) is 0 Å². The highest BCUT2D eigenvalue weighted by molar-refractivity contribution is 5.43. The van der Waals surface area contributed by atoms with Crippen LogP contribution in [0.15, 0.2) is 34.7 Å². The molecule has 1 aromatic heterocycles. The second kappa shape index (κ2) is 7.63. The van der Waals surface area contributed by atoms with E-state index in [1.54, 1.807) is 38.1 Å². The third-order valence-electron chi connectivity index (χ3n) is 3.51. The molecule has 0 fully saturated rings. The van der Waals surface area contributed by atoms with Crippen molar-refractivity contribution >= 4 is 0 Å². The zero-order valence-corrected chi connectivity index (χ0v) is 13.8. The monoisotopic (exact) mass is 341 g/mol. The first kappa shape index (κ1) is 18.2. The van der Waals surface area contributed by atoms with Crippen molar-refractivity contribution in [1.29, 1.82) is 0 Å². The van der Waals surface area contributed by atoms with Crippen molar-refractivity contribution in [2.45, 2.75) is 32.6 Å². The maximum Gasteiger partial charge on any atom is 0.387 e. The largest absolute Gasteiger partial charge is 0.493 e. The molecule has 2 aromatic rings. The minimum absolute atomic E-state index is 0.0276. The minimum Gasteiger partial charge on any atom is -0.493 e. The standard InChI is InChI=1S/C17H21F2NO4/c1-11-4-7-15(23-11)17(2,21)10-20-9-12-5-6-13(22-3)14(8-12)24-16(18)19/h4-8,16,20-21H,9-10H2,1-3H3. The van der Waals surface area contributed by atoms with Gasteiger partial charge in [-0.2, -0.15) is 8.78 Å². The Morgan fingerprint density at radius 1 is 1.25 bits per heavy atom. The van der Waals surface area contributed by atoms with E-state index >= 15 is 0 Å². The van der Waals surface area contributed by atoms with E-state index in [4.69, 9.17) is 9.15 Å². The first-order valence-corrected chi connectivity index (χ1v) is 7.43. The quantitative estimate of drug-likeness (QED) is 0.772. The lowest BCUT2D eigenvalue weighted by atomic mass is 10.0. The second-order valence-corrected chi connectivity index (χ2v) is 5.65. The van der Waals surface area contributed by atoms with Gasteiger partial charge in [0.15, 0.2) is 11.5 Å². The fraction of sp³-hybridized carbons (Fsp3) is 0.412. The summed E-state index contributed by atoms with van der Waals surface area (Å²) in [4.78, 5) is 0. The van der Waals surface area contributed by atoms with Gasteiger partial charge in [0.05, 0.1) is 7.11 Å². The fourth-order valence-electron chi connectivity index (χ4n) is 2.28. The predicted molar refractivity (Wildman–Crippen MR) is 84.3 cm³/mol. The summed E-state index contributed by atoms with van der Waals surface area (Å²) < 4.78 is 39.7. The summed E-state index contributed by atoms with van der Waals surface area (Å²) in [7, 11) is 1.38. The molecule has 0 aliphatic carbocycles. The summed E-state index contributed by atoms with van der Waals surface area (Å²) in [5.41, 5.74) is -0.457. The van der Waals surface area contributed by atoms with Crippen molar-refractivity contribution in [2.75, 3.05) is 13.7 Å². The van der Waals surface area contributed by atoms with E-state index < -0.39 is 12.2 Å². The summed E-state index contributed by atoms with van der Waals surface area (Å²) >= 11 is 0. The normalized spacial score (nSPS) is 13.8. The fourth-order valence-corrected chi connectivity index (χ4v) is 2.28. The molecule has 2 rings (SSSR count). The van der Waals surface area contributed by atoms with Gasteiger partial charge in [-0.15, -0.1) is 0 Å². The highest BCUT2D eigenvalue weighted by Crippen LogP contribution is 2.29. The van der Waals surface area contributed by atoms with Gasteiger partial charge < -0.3 is 24.3 Å². The number of furan rings is 1. The number of hydrogen-bond acceptors (Lipinski definition) is 5. The summed E-state index contributed by atoms with van der Waals surface area (Å²) in [6, 6.07) is 8.27. The number of alkyl halides is 2. The lowest BCUT2D eigenvalue weighted by molar-refractivity contribution is -0.0512. The topological polar surface area (TPSA) is 63.9 Å². The van der Waals surface area contributed by atoms with E-state index in [2.05, 4.69) is 10.1 Å². The van der Waals surface area contributed by atoms with Gasteiger partial charge in [-0.25, -0.2) is 0 Å². The van der Waals surface area contributed by atoms with Crippen LogP contribution in [0.5, 0.6) is 11.5 Å². The lowest BCUT2D eigenvalue weighted by Gasteiger charge is -2.21. The number of ether oxygens (including phenoxy) is 2. The number of aryl methyl sites for hydroxylation is 1. The highest BCUT2D eigenvalue weighted by Gasteiger charge is 2.26. The number of methoxy groups -OCH3 is 1. The molecule has 0 aliphatic heterocycles. The van der Waals surface area contributed by atoms with Crippen LogP contribution in [-0.2, 0) is 12.1 Å². The number of rotatable bonds is 8. The van der Waals surface area contributed by atoms with Gasteiger partial charge in [-0.3, -0.25) is 0 Å². The molecular weight excluding hydrogens is 320 g/mol.